The van der Waals surface area contributed by atoms with Crippen LogP contribution >= 0.6 is 0 Å². The Morgan fingerprint density at radius 1 is 0.153 bits per heavy atom. The Bertz CT molecular complexity index is 1930. The molecule has 4 unspecified atom stereocenters. The van der Waals surface area contributed by atoms with Crippen LogP contribution in [0.4, 0.5) is 0 Å². The van der Waals surface area contributed by atoms with E-state index in [1.807, 2.05) is 0 Å². The van der Waals surface area contributed by atoms with Crippen LogP contribution in [-0.4, -0.2) is 81.2 Å². The molecule has 0 aliphatic carbocycles. The standard InChI is InChI=1S/2C31H63N.2C29H59N/c2*1-5-7-9-11-13-14-15-16-17-18-19-20-21-22-24-26-28-30-31(32(3)4)29-27-25-23-12-10-8-6-2;1-5-7-9-11-13-14-15-16-17-18-19-20-22-24-26-28-29(30(3)4)27-25-23-21-12-10-8-6-2;1-4-5-6-7-8-9-10-11-12-13-14-15-16-20-23-26-29(30)27-24-21-18-17-19-22-25-28(2)3/h22,24,31H,5-21,23,25-30H2,1-4H3;19-20,31H,5-18,21-30H2,1-4H3;19-20,29H,5-18,21-28H2,1-4H3;9-10,28-29H,4-8,11-27,30H2,1-3H3/b24-22-;2*20-19-;10-9+. The van der Waals surface area contributed by atoms with E-state index in [0.717, 1.165) is 24.0 Å². The van der Waals surface area contributed by atoms with Crippen molar-refractivity contribution < 1.29 is 0 Å². The molecule has 0 heterocycles. The van der Waals surface area contributed by atoms with Gasteiger partial charge < -0.3 is 20.4 Å². The first kappa shape index (κ1) is 129. The predicted molar refractivity (Wildman–Crippen MR) is 576 cm³/mol. The van der Waals surface area contributed by atoms with Gasteiger partial charge in [0.2, 0.25) is 0 Å². The fraction of sp³-hybridized carbons (Fsp3) is 0.933. The first-order valence-electron chi connectivity index (χ1n) is 58.2. The smallest absolute Gasteiger partial charge is 0.00892 e. The first-order valence-corrected chi connectivity index (χ1v) is 58.2. The largest absolute Gasteiger partial charge is 0.328 e. The molecule has 0 saturated heterocycles. The fourth-order valence-corrected chi connectivity index (χ4v) is 18.3. The van der Waals surface area contributed by atoms with Crippen molar-refractivity contribution in [1.82, 2.24) is 14.7 Å². The predicted octanol–water partition coefficient (Wildman–Crippen LogP) is 42.0. The Kier molecular flexibility index (Phi) is 123. The minimum Gasteiger partial charge on any atom is -0.328 e. The van der Waals surface area contributed by atoms with Gasteiger partial charge in [-0.3, -0.25) is 0 Å². The van der Waals surface area contributed by atoms with Crippen LogP contribution in [0.2, 0.25) is 0 Å². The zero-order chi connectivity index (χ0) is 91.3. The van der Waals surface area contributed by atoms with Gasteiger partial charge in [-0.05, 0) is 202 Å². The van der Waals surface area contributed by atoms with Crippen LogP contribution in [0, 0.1) is 5.92 Å². The second-order valence-corrected chi connectivity index (χ2v) is 41.3. The van der Waals surface area contributed by atoms with E-state index in [-0.39, 0.29) is 0 Å². The van der Waals surface area contributed by atoms with Gasteiger partial charge in [-0.2, -0.15) is 0 Å². The van der Waals surface area contributed by atoms with Crippen LogP contribution in [0.25, 0.3) is 0 Å². The van der Waals surface area contributed by atoms with E-state index in [1.165, 1.54) is 591 Å². The maximum absolute atomic E-state index is 6.32. The molecule has 4 atom stereocenters. The number of unbranched alkanes of at least 4 members (excludes halogenated alkanes) is 71. The van der Waals surface area contributed by atoms with Crippen molar-refractivity contribution in [2.24, 2.45) is 11.7 Å². The summed E-state index contributed by atoms with van der Waals surface area (Å²) in [6.45, 7) is 20.7. The summed E-state index contributed by atoms with van der Waals surface area (Å²) in [6.07, 6.45) is 149. The molecule has 0 bridgehead atoms. The zero-order valence-corrected chi connectivity index (χ0v) is 89.5. The summed E-state index contributed by atoms with van der Waals surface area (Å²) in [5.41, 5.74) is 6.32. The summed E-state index contributed by atoms with van der Waals surface area (Å²) >= 11 is 0. The van der Waals surface area contributed by atoms with Crippen LogP contribution in [0.15, 0.2) is 48.6 Å². The lowest BCUT2D eigenvalue weighted by atomic mass is 9.99. The quantitative estimate of drug-likeness (QED) is 0.0486. The molecule has 0 saturated carbocycles. The van der Waals surface area contributed by atoms with Gasteiger partial charge in [-0.1, -0.05) is 548 Å². The highest BCUT2D eigenvalue weighted by atomic mass is 15.1. The number of hydrogen-bond donors (Lipinski definition) is 1. The summed E-state index contributed by atoms with van der Waals surface area (Å²) in [4.78, 5) is 7.41. The van der Waals surface area contributed by atoms with Crippen LogP contribution in [-0.2, 0) is 0 Å². The van der Waals surface area contributed by atoms with Crippen LogP contribution in [0.5, 0.6) is 0 Å². The van der Waals surface area contributed by atoms with E-state index in [9.17, 15) is 0 Å². The second-order valence-electron chi connectivity index (χ2n) is 41.3. The Morgan fingerprint density at radius 3 is 0.452 bits per heavy atom. The molecule has 124 heavy (non-hydrogen) atoms. The van der Waals surface area contributed by atoms with Gasteiger partial charge in [0.25, 0.3) is 0 Å². The number of allylic oxidation sites excluding steroid dienone is 8. The summed E-state index contributed by atoms with van der Waals surface area (Å²) in [5.74, 6) is 0.875. The summed E-state index contributed by atoms with van der Waals surface area (Å²) in [7, 11) is 13.7. The summed E-state index contributed by atoms with van der Waals surface area (Å²) in [6, 6.07) is 2.85. The van der Waals surface area contributed by atoms with Crippen molar-refractivity contribution in [3.05, 3.63) is 48.6 Å². The lowest BCUT2D eigenvalue weighted by Gasteiger charge is -2.24. The van der Waals surface area contributed by atoms with E-state index in [1.54, 1.807) is 0 Å². The van der Waals surface area contributed by atoms with Crippen LogP contribution in [0.3, 0.4) is 0 Å². The Labute approximate surface area is 789 Å². The van der Waals surface area contributed by atoms with Crippen molar-refractivity contribution in [3.8, 4) is 0 Å². The van der Waals surface area contributed by atoms with E-state index < -0.39 is 0 Å². The third kappa shape index (κ3) is 119. The van der Waals surface area contributed by atoms with Crippen molar-refractivity contribution in [1.29, 1.82) is 0 Å². The topological polar surface area (TPSA) is 35.7 Å². The van der Waals surface area contributed by atoms with Gasteiger partial charge in [-0.15, -0.1) is 0 Å². The second kappa shape index (κ2) is 118. The number of hydrogen-bond acceptors (Lipinski definition) is 4. The third-order valence-corrected chi connectivity index (χ3v) is 27.5. The molecule has 0 aliphatic rings. The highest BCUT2D eigenvalue weighted by molar-refractivity contribution is 4.85. The molecule has 0 rings (SSSR count). The van der Waals surface area contributed by atoms with Crippen molar-refractivity contribution in [3.63, 3.8) is 0 Å². The Hall–Kier alpha value is -1.20. The van der Waals surface area contributed by atoms with Crippen molar-refractivity contribution in [2.75, 3.05) is 42.3 Å². The molecular weight excluding hydrogens is 1500 g/mol. The van der Waals surface area contributed by atoms with Gasteiger partial charge in [-0.25, -0.2) is 0 Å². The van der Waals surface area contributed by atoms with Gasteiger partial charge in [0, 0.05) is 24.2 Å². The average molecular weight is 1740 g/mol. The van der Waals surface area contributed by atoms with Crippen molar-refractivity contribution >= 4 is 0 Å². The van der Waals surface area contributed by atoms with Crippen molar-refractivity contribution in [2.45, 2.75) is 677 Å². The lowest BCUT2D eigenvalue weighted by Crippen LogP contribution is -2.27. The maximum Gasteiger partial charge on any atom is 0.00892 e. The van der Waals surface area contributed by atoms with E-state index in [0.29, 0.717) is 6.04 Å². The van der Waals surface area contributed by atoms with Gasteiger partial charge >= 0.3 is 0 Å². The molecule has 0 aromatic carbocycles. The number of nitrogens with zero attached hydrogens (tertiary/aromatic N) is 3. The minimum atomic E-state index is 0.458. The zero-order valence-electron chi connectivity index (χ0n) is 89.5. The summed E-state index contributed by atoms with van der Waals surface area (Å²) < 4.78 is 0. The van der Waals surface area contributed by atoms with Gasteiger partial charge in [0.05, 0.1) is 0 Å². The molecule has 2 N–H and O–H groups in total. The van der Waals surface area contributed by atoms with Gasteiger partial charge in [0.15, 0.2) is 0 Å². The molecule has 0 aromatic rings. The monoisotopic (exact) mass is 1740 g/mol. The molecule has 0 aliphatic heterocycles. The summed E-state index contributed by atoms with van der Waals surface area (Å²) in [5, 5.41) is 0. The highest BCUT2D eigenvalue weighted by Crippen LogP contribution is 2.24. The maximum atomic E-state index is 6.32. The van der Waals surface area contributed by atoms with Gasteiger partial charge in [0.1, 0.15) is 0 Å². The lowest BCUT2D eigenvalue weighted by molar-refractivity contribution is 0.251. The molecule has 0 amide bonds. The molecule has 0 aromatic heterocycles. The minimum absolute atomic E-state index is 0.458. The van der Waals surface area contributed by atoms with E-state index >= 15 is 0 Å². The third-order valence-electron chi connectivity index (χ3n) is 27.5. The molecule has 0 spiro atoms. The number of nitrogens with two attached hydrogens (primary N) is 1. The van der Waals surface area contributed by atoms with Crippen LogP contribution in [0.1, 0.15) is 653 Å². The molecular formula is C120H244N4. The Balaban J connectivity index is -0.000000775. The SMILES string of the molecule is CCCCCC/C=C/CCCCCCCCCC(N)CCCCCCCCC(C)C.CCCCCCCCCCC/C=C\CCCCC(CCCCCCCCC)N(C)C.CCCCCCCCCCC/C=C\CCCCCCC(CCCCCCCCC)N(C)C.CCCCCCCCCCCCCC/C=C\CCCC(CCCCCCCCC)N(C)C. The first-order chi connectivity index (χ1) is 60.8. The molecule has 4 heteroatoms. The molecule has 0 fully saturated rings. The average Bonchev–Trinajstić information content (AvgIpc) is 0.976. The van der Waals surface area contributed by atoms with Crippen LogP contribution < -0.4 is 5.73 Å². The molecule has 0 radical (unpaired) electrons. The molecule has 744 valence electrons. The van der Waals surface area contributed by atoms with E-state index in [4.69, 9.17) is 5.73 Å². The molecule has 4 nitrogen and oxygen atoms in total. The highest BCUT2D eigenvalue weighted by Gasteiger charge is 2.14. The normalized spacial score (nSPS) is 12.9. The number of rotatable bonds is 100. The Morgan fingerprint density at radius 2 is 0.274 bits per heavy atom. The fourth-order valence-electron chi connectivity index (χ4n) is 18.3. The van der Waals surface area contributed by atoms with E-state index in [2.05, 4.69) is 168 Å².